The average molecular weight is 237 g/mol. The van der Waals surface area contributed by atoms with Gasteiger partial charge in [0.1, 0.15) is 5.76 Å². The van der Waals surface area contributed by atoms with E-state index in [2.05, 4.69) is 15.8 Å². The van der Waals surface area contributed by atoms with Crippen molar-refractivity contribution in [1.82, 2.24) is 15.8 Å². The lowest BCUT2D eigenvalue weighted by Gasteiger charge is -2.17. The lowest BCUT2D eigenvalue weighted by Crippen LogP contribution is -2.41. The molecule has 0 aromatic carbocycles. The smallest absolute Gasteiger partial charge is 0.237 e. The standard InChI is InChI=1S/C12H19N3O2/c1-7(11-8(2)15-17-9(11)3)14-12(16)10-5-4-6-13-10/h7,10,13H,4-6H2,1-3H3,(H,14,16)/t7?,10-/m1/s1. The summed E-state index contributed by atoms with van der Waals surface area (Å²) in [5.41, 5.74) is 1.83. The molecule has 0 saturated carbocycles. The topological polar surface area (TPSA) is 67.2 Å². The number of rotatable bonds is 3. The molecule has 1 aliphatic rings. The Balaban J connectivity index is 2.01. The number of aryl methyl sites for hydroxylation is 2. The highest BCUT2D eigenvalue weighted by Crippen LogP contribution is 2.21. The highest BCUT2D eigenvalue weighted by molar-refractivity contribution is 5.82. The summed E-state index contributed by atoms with van der Waals surface area (Å²) in [6, 6.07) is -0.103. The largest absolute Gasteiger partial charge is 0.361 e. The Kier molecular flexibility index (Phi) is 3.47. The monoisotopic (exact) mass is 237 g/mol. The second-order valence-electron chi connectivity index (χ2n) is 4.62. The fourth-order valence-electron chi connectivity index (χ4n) is 2.40. The fraction of sp³-hybridized carbons (Fsp3) is 0.667. The van der Waals surface area contributed by atoms with E-state index >= 15 is 0 Å². The summed E-state index contributed by atoms with van der Waals surface area (Å²) in [5, 5.41) is 10.1. The van der Waals surface area contributed by atoms with Crippen molar-refractivity contribution in [3.8, 4) is 0 Å². The minimum Gasteiger partial charge on any atom is -0.361 e. The molecule has 17 heavy (non-hydrogen) atoms. The summed E-state index contributed by atoms with van der Waals surface area (Å²) in [7, 11) is 0. The van der Waals surface area contributed by atoms with Crippen LogP contribution in [0, 0.1) is 13.8 Å². The maximum Gasteiger partial charge on any atom is 0.237 e. The summed E-state index contributed by atoms with van der Waals surface area (Å²) in [5.74, 6) is 0.838. The first-order valence-corrected chi connectivity index (χ1v) is 6.06. The van der Waals surface area contributed by atoms with E-state index in [0.717, 1.165) is 36.4 Å². The molecular weight excluding hydrogens is 218 g/mol. The van der Waals surface area contributed by atoms with E-state index in [1.807, 2.05) is 20.8 Å². The summed E-state index contributed by atoms with van der Waals surface area (Å²) < 4.78 is 5.11. The molecule has 5 heteroatoms. The van der Waals surface area contributed by atoms with E-state index in [9.17, 15) is 4.79 Å². The van der Waals surface area contributed by atoms with Gasteiger partial charge in [0.15, 0.2) is 0 Å². The van der Waals surface area contributed by atoms with Crippen molar-refractivity contribution in [1.29, 1.82) is 0 Å². The number of amides is 1. The van der Waals surface area contributed by atoms with Crippen LogP contribution in [0.1, 0.15) is 42.8 Å². The first kappa shape index (κ1) is 12.1. The van der Waals surface area contributed by atoms with Crippen LogP contribution >= 0.6 is 0 Å². The zero-order valence-corrected chi connectivity index (χ0v) is 10.5. The van der Waals surface area contributed by atoms with Gasteiger partial charge in [-0.25, -0.2) is 0 Å². The molecular formula is C12H19N3O2. The molecule has 1 saturated heterocycles. The molecule has 94 valence electrons. The van der Waals surface area contributed by atoms with E-state index in [4.69, 9.17) is 4.52 Å². The minimum absolute atomic E-state index is 0.0436. The fourth-order valence-corrected chi connectivity index (χ4v) is 2.40. The van der Waals surface area contributed by atoms with Gasteiger partial charge in [-0.15, -0.1) is 0 Å². The van der Waals surface area contributed by atoms with Crippen molar-refractivity contribution in [2.24, 2.45) is 0 Å². The van der Waals surface area contributed by atoms with Gasteiger partial charge in [0.2, 0.25) is 5.91 Å². The maximum absolute atomic E-state index is 11.9. The first-order valence-electron chi connectivity index (χ1n) is 6.06. The van der Waals surface area contributed by atoms with E-state index in [1.54, 1.807) is 0 Å². The third-order valence-corrected chi connectivity index (χ3v) is 3.26. The molecule has 1 aliphatic heterocycles. The first-order chi connectivity index (χ1) is 8.09. The number of hydrogen-bond acceptors (Lipinski definition) is 4. The lowest BCUT2D eigenvalue weighted by molar-refractivity contribution is -0.123. The predicted octanol–water partition coefficient (Wildman–Crippen LogP) is 1.22. The van der Waals surface area contributed by atoms with Gasteiger partial charge in [-0.1, -0.05) is 5.16 Å². The molecule has 1 fully saturated rings. The molecule has 1 amide bonds. The van der Waals surface area contributed by atoms with E-state index in [-0.39, 0.29) is 18.0 Å². The van der Waals surface area contributed by atoms with Crippen molar-refractivity contribution in [3.05, 3.63) is 17.0 Å². The molecule has 0 bridgehead atoms. The number of carbonyl (C=O) groups is 1. The maximum atomic E-state index is 11.9. The van der Waals surface area contributed by atoms with Gasteiger partial charge < -0.3 is 15.2 Å². The number of nitrogens with one attached hydrogen (secondary N) is 2. The Morgan fingerprint density at radius 2 is 2.35 bits per heavy atom. The Morgan fingerprint density at radius 1 is 1.59 bits per heavy atom. The third-order valence-electron chi connectivity index (χ3n) is 3.26. The lowest BCUT2D eigenvalue weighted by atomic mass is 10.1. The molecule has 1 aromatic rings. The van der Waals surface area contributed by atoms with Crippen LogP contribution in [0.25, 0.3) is 0 Å². The zero-order chi connectivity index (χ0) is 12.4. The number of aromatic nitrogens is 1. The van der Waals surface area contributed by atoms with Crippen molar-refractivity contribution in [3.63, 3.8) is 0 Å². The van der Waals surface area contributed by atoms with Crippen LogP contribution in [-0.2, 0) is 4.79 Å². The Labute approximate surface area is 101 Å². The molecule has 2 heterocycles. The number of nitrogens with zero attached hydrogens (tertiary/aromatic N) is 1. The van der Waals surface area contributed by atoms with Gasteiger partial charge in [-0.2, -0.15) is 0 Å². The molecule has 0 spiro atoms. The van der Waals surface area contributed by atoms with Crippen molar-refractivity contribution >= 4 is 5.91 Å². The van der Waals surface area contributed by atoms with Crippen LogP contribution in [0.2, 0.25) is 0 Å². The van der Waals surface area contributed by atoms with E-state index < -0.39 is 0 Å². The van der Waals surface area contributed by atoms with Gasteiger partial charge in [0.05, 0.1) is 17.8 Å². The van der Waals surface area contributed by atoms with E-state index in [0.29, 0.717) is 0 Å². The molecule has 1 aromatic heterocycles. The molecule has 2 rings (SSSR count). The second-order valence-corrected chi connectivity index (χ2v) is 4.62. The predicted molar refractivity (Wildman–Crippen MR) is 63.6 cm³/mol. The Morgan fingerprint density at radius 3 is 2.88 bits per heavy atom. The summed E-state index contributed by atoms with van der Waals surface area (Å²) in [4.78, 5) is 11.9. The van der Waals surface area contributed by atoms with Crippen molar-refractivity contribution < 1.29 is 9.32 Å². The van der Waals surface area contributed by atoms with Gasteiger partial charge >= 0.3 is 0 Å². The average Bonchev–Trinajstić information content (AvgIpc) is 2.88. The van der Waals surface area contributed by atoms with Crippen LogP contribution in [-0.4, -0.2) is 23.7 Å². The molecule has 1 unspecified atom stereocenters. The number of carbonyl (C=O) groups excluding carboxylic acids is 1. The van der Waals surface area contributed by atoms with Crippen molar-refractivity contribution in [2.45, 2.75) is 45.7 Å². The highest BCUT2D eigenvalue weighted by Gasteiger charge is 2.25. The molecule has 2 N–H and O–H groups in total. The van der Waals surface area contributed by atoms with Crippen LogP contribution < -0.4 is 10.6 Å². The van der Waals surface area contributed by atoms with Gasteiger partial charge in [-0.3, -0.25) is 4.79 Å². The summed E-state index contributed by atoms with van der Waals surface area (Å²) in [6.07, 6.45) is 1.98. The minimum atomic E-state index is -0.0591. The highest BCUT2D eigenvalue weighted by atomic mass is 16.5. The number of hydrogen-bond donors (Lipinski definition) is 2. The quantitative estimate of drug-likeness (QED) is 0.829. The van der Waals surface area contributed by atoms with Gasteiger partial charge in [0, 0.05) is 5.56 Å². The van der Waals surface area contributed by atoms with E-state index in [1.165, 1.54) is 0 Å². The third kappa shape index (κ3) is 2.49. The van der Waals surface area contributed by atoms with Crippen LogP contribution in [0.15, 0.2) is 4.52 Å². The van der Waals surface area contributed by atoms with Crippen LogP contribution in [0.3, 0.4) is 0 Å². The normalized spacial score (nSPS) is 21.5. The SMILES string of the molecule is Cc1noc(C)c1C(C)NC(=O)[C@H]1CCCN1. The Bertz CT molecular complexity index is 388. The molecule has 0 aliphatic carbocycles. The van der Waals surface area contributed by atoms with Crippen molar-refractivity contribution in [2.75, 3.05) is 6.54 Å². The molecule has 0 radical (unpaired) electrons. The Hall–Kier alpha value is -1.36. The van der Waals surface area contributed by atoms with Gasteiger partial charge in [-0.05, 0) is 40.2 Å². The van der Waals surface area contributed by atoms with Crippen LogP contribution in [0.4, 0.5) is 0 Å². The van der Waals surface area contributed by atoms with Crippen LogP contribution in [0.5, 0.6) is 0 Å². The molecule has 2 atom stereocenters. The van der Waals surface area contributed by atoms with Gasteiger partial charge in [0.25, 0.3) is 0 Å². The molecule has 5 nitrogen and oxygen atoms in total. The zero-order valence-electron chi connectivity index (χ0n) is 10.5. The summed E-state index contributed by atoms with van der Waals surface area (Å²) >= 11 is 0. The summed E-state index contributed by atoms with van der Waals surface area (Å²) in [6.45, 7) is 6.64. The second kappa shape index (κ2) is 4.87.